The number of hydrogen-bond donors (Lipinski definition) is 1. The van der Waals surface area contributed by atoms with Crippen molar-refractivity contribution in [3.8, 4) is 17.2 Å². The average molecular weight is 639 g/mol. The maximum Gasteiger partial charge on any atom is 0.265 e. The highest BCUT2D eigenvalue weighted by atomic mass is 35.5. The molecular weight excluding hydrogens is 605 g/mol. The lowest BCUT2D eigenvalue weighted by atomic mass is 10.1. The molecule has 0 saturated heterocycles. The van der Waals surface area contributed by atoms with Crippen LogP contribution in [-0.2, 0) is 26.2 Å². The molecule has 3 aromatic carbocycles. The third-order valence-corrected chi connectivity index (χ3v) is 8.77. The Kier molecular flexibility index (Phi) is 11.3. The molecule has 3 aromatic rings. The van der Waals surface area contributed by atoms with E-state index >= 15 is 0 Å². The Balaban J connectivity index is 2.17. The van der Waals surface area contributed by atoms with Gasteiger partial charge in [-0.2, -0.15) is 0 Å². The van der Waals surface area contributed by atoms with Crippen LogP contribution in [0.25, 0.3) is 0 Å². The van der Waals surface area contributed by atoms with E-state index in [0.29, 0.717) is 16.3 Å². The molecule has 0 bridgehead atoms. The molecule has 13 heteroatoms. The second-order valence-corrected chi connectivity index (χ2v) is 11.8. The third kappa shape index (κ3) is 7.39. The number of nitrogens with one attached hydrogen (secondary N) is 1. The van der Waals surface area contributed by atoms with Gasteiger partial charge in [-0.25, -0.2) is 8.42 Å². The van der Waals surface area contributed by atoms with Crippen molar-refractivity contribution in [1.82, 2.24) is 10.2 Å². The zero-order valence-electron chi connectivity index (χ0n) is 23.9. The van der Waals surface area contributed by atoms with Crippen molar-refractivity contribution >= 4 is 50.7 Å². The van der Waals surface area contributed by atoms with Crippen molar-refractivity contribution < 1.29 is 32.2 Å². The monoisotopic (exact) mass is 637 g/mol. The number of rotatable bonds is 13. The van der Waals surface area contributed by atoms with Crippen LogP contribution in [0.15, 0.2) is 65.6 Å². The van der Waals surface area contributed by atoms with Crippen LogP contribution in [0.1, 0.15) is 18.9 Å². The number of carbonyl (C=O) groups is 2. The number of hydrogen-bond acceptors (Lipinski definition) is 7. The first-order valence-electron chi connectivity index (χ1n) is 12.8. The summed E-state index contributed by atoms with van der Waals surface area (Å²) >= 11 is 12.3. The van der Waals surface area contributed by atoms with Crippen LogP contribution in [0.4, 0.5) is 5.69 Å². The second kappa shape index (κ2) is 14.5. The van der Waals surface area contributed by atoms with Gasteiger partial charge in [-0.15, -0.1) is 0 Å². The van der Waals surface area contributed by atoms with Gasteiger partial charge in [-0.1, -0.05) is 42.3 Å². The summed E-state index contributed by atoms with van der Waals surface area (Å²) in [6.45, 7) is 1.12. The van der Waals surface area contributed by atoms with Crippen molar-refractivity contribution in [2.24, 2.45) is 0 Å². The standard InChI is InChI=1S/C29H33Cl2N3O7S/c1-6-23(29(36)32-2)33(17-19-7-9-20(30)10-8-19)28(35)18-34(24-15-21(31)11-13-25(24)39-3)42(37,38)22-12-14-26(40-4)27(16-22)41-5/h7-16,23H,6,17-18H2,1-5H3,(H,32,36)/t23-/m1/s1. The first-order valence-corrected chi connectivity index (χ1v) is 15.0. The van der Waals surface area contributed by atoms with Crippen LogP contribution >= 0.6 is 23.2 Å². The molecule has 0 unspecified atom stereocenters. The van der Waals surface area contributed by atoms with Crippen molar-refractivity contribution in [2.45, 2.75) is 30.8 Å². The molecule has 0 fully saturated rings. The van der Waals surface area contributed by atoms with Crippen LogP contribution in [-0.4, -0.2) is 66.1 Å². The van der Waals surface area contributed by atoms with Crippen molar-refractivity contribution in [3.63, 3.8) is 0 Å². The van der Waals surface area contributed by atoms with E-state index in [1.165, 1.54) is 63.6 Å². The van der Waals surface area contributed by atoms with E-state index in [2.05, 4.69) is 5.32 Å². The number of amides is 2. The summed E-state index contributed by atoms with van der Waals surface area (Å²) in [6, 6.07) is 14.5. The first-order chi connectivity index (χ1) is 20.0. The predicted octanol–water partition coefficient (Wildman–Crippen LogP) is 4.77. The van der Waals surface area contributed by atoms with Crippen LogP contribution in [0.2, 0.25) is 10.0 Å². The molecule has 0 heterocycles. The fourth-order valence-corrected chi connectivity index (χ4v) is 6.07. The topological polar surface area (TPSA) is 114 Å². The maximum atomic E-state index is 14.2. The van der Waals surface area contributed by atoms with Crippen LogP contribution < -0.4 is 23.8 Å². The molecule has 2 amide bonds. The highest BCUT2D eigenvalue weighted by Gasteiger charge is 2.35. The Hall–Kier alpha value is -3.67. The Morgan fingerprint density at radius 1 is 0.857 bits per heavy atom. The van der Waals surface area contributed by atoms with Crippen LogP contribution in [0.5, 0.6) is 17.2 Å². The molecule has 0 saturated carbocycles. The van der Waals surface area contributed by atoms with Gasteiger partial charge in [0.25, 0.3) is 10.0 Å². The zero-order valence-corrected chi connectivity index (χ0v) is 26.2. The fraction of sp³-hybridized carbons (Fsp3) is 0.310. The Bertz CT molecular complexity index is 1520. The summed E-state index contributed by atoms with van der Waals surface area (Å²) in [5, 5.41) is 3.32. The van der Waals surface area contributed by atoms with E-state index in [-0.39, 0.29) is 40.1 Å². The van der Waals surface area contributed by atoms with Crippen molar-refractivity contribution in [1.29, 1.82) is 0 Å². The summed E-state index contributed by atoms with van der Waals surface area (Å²) in [7, 11) is 1.23. The molecule has 0 aliphatic heterocycles. The lowest BCUT2D eigenvalue weighted by Crippen LogP contribution is -2.51. The van der Waals surface area contributed by atoms with Gasteiger partial charge in [0.1, 0.15) is 18.3 Å². The van der Waals surface area contributed by atoms with E-state index < -0.39 is 34.4 Å². The van der Waals surface area contributed by atoms with Gasteiger partial charge in [0.15, 0.2) is 11.5 Å². The fourth-order valence-electron chi connectivity index (χ4n) is 4.35. The number of halogens is 2. The van der Waals surface area contributed by atoms with E-state index in [0.717, 1.165) is 4.31 Å². The van der Waals surface area contributed by atoms with E-state index in [1.54, 1.807) is 37.3 Å². The Labute approximate surface area is 256 Å². The molecule has 1 atom stereocenters. The highest BCUT2D eigenvalue weighted by Crippen LogP contribution is 2.37. The van der Waals surface area contributed by atoms with Crippen molar-refractivity contribution in [3.05, 3.63) is 76.3 Å². The average Bonchev–Trinajstić information content (AvgIpc) is 2.99. The number of likely N-dealkylation sites (N-methyl/N-ethyl adjacent to an activating group) is 1. The first kappa shape index (κ1) is 32.8. The van der Waals surface area contributed by atoms with Crippen LogP contribution in [0, 0.1) is 0 Å². The van der Waals surface area contributed by atoms with Gasteiger partial charge < -0.3 is 24.4 Å². The smallest absolute Gasteiger partial charge is 0.265 e. The number of benzene rings is 3. The molecule has 226 valence electrons. The number of sulfonamides is 1. The van der Waals surface area contributed by atoms with Gasteiger partial charge in [-0.05, 0) is 54.4 Å². The van der Waals surface area contributed by atoms with E-state index in [1.807, 2.05) is 0 Å². The quantitative estimate of drug-likeness (QED) is 0.287. The maximum absolute atomic E-state index is 14.2. The Morgan fingerprint density at radius 3 is 2.02 bits per heavy atom. The van der Waals surface area contributed by atoms with Gasteiger partial charge >= 0.3 is 0 Å². The van der Waals surface area contributed by atoms with Gasteiger partial charge in [-0.3, -0.25) is 13.9 Å². The summed E-state index contributed by atoms with van der Waals surface area (Å²) < 4.78 is 45.4. The summed E-state index contributed by atoms with van der Waals surface area (Å²) in [6.07, 6.45) is 0.280. The molecule has 0 aromatic heterocycles. The second-order valence-electron chi connectivity index (χ2n) is 9.03. The molecule has 42 heavy (non-hydrogen) atoms. The zero-order chi connectivity index (χ0) is 31.0. The minimum absolute atomic E-state index is 0.0266. The number of ether oxygens (including phenoxy) is 3. The van der Waals surface area contributed by atoms with E-state index in [4.69, 9.17) is 37.4 Å². The van der Waals surface area contributed by atoms with Gasteiger partial charge in [0.05, 0.1) is 31.9 Å². The molecule has 0 spiro atoms. The summed E-state index contributed by atoms with van der Waals surface area (Å²) in [5.74, 6) is -0.359. The largest absolute Gasteiger partial charge is 0.495 e. The Morgan fingerprint density at radius 2 is 1.45 bits per heavy atom. The molecule has 0 aliphatic carbocycles. The molecular formula is C29H33Cl2N3O7S. The molecule has 0 radical (unpaired) electrons. The normalized spacial score (nSPS) is 11.8. The summed E-state index contributed by atoms with van der Waals surface area (Å²) in [4.78, 5) is 28.1. The predicted molar refractivity (Wildman–Crippen MR) is 162 cm³/mol. The lowest BCUT2D eigenvalue weighted by molar-refractivity contribution is -0.140. The van der Waals surface area contributed by atoms with Crippen molar-refractivity contribution in [2.75, 3.05) is 39.2 Å². The number of carbonyl (C=O) groups excluding carboxylic acids is 2. The highest BCUT2D eigenvalue weighted by molar-refractivity contribution is 7.92. The number of nitrogens with zero attached hydrogens (tertiary/aromatic N) is 2. The minimum atomic E-state index is -4.43. The SMILES string of the molecule is CC[C@H](C(=O)NC)N(Cc1ccc(Cl)cc1)C(=O)CN(c1cc(Cl)ccc1OC)S(=O)(=O)c1ccc(OC)c(OC)c1. The minimum Gasteiger partial charge on any atom is -0.495 e. The summed E-state index contributed by atoms with van der Waals surface area (Å²) in [5.41, 5.74) is 0.734. The molecule has 3 rings (SSSR count). The van der Waals surface area contributed by atoms with Gasteiger partial charge in [0.2, 0.25) is 11.8 Å². The van der Waals surface area contributed by atoms with E-state index in [9.17, 15) is 18.0 Å². The molecule has 1 N–H and O–H groups in total. The van der Waals surface area contributed by atoms with Gasteiger partial charge in [0, 0.05) is 29.7 Å². The molecule has 0 aliphatic rings. The molecule has 10 nitrogen and oxygen atoms in total. The van der Waals surface area contributed by atoms with Crippen LogP contribution in [0.3, 0.4) is 0 Å². The number of anilines is 1. The third-order valence-electron chi connectivity index (χ3n) is 6.53. The number of methoxy groups -OCH3 is 3. The lowest BCUT2D eigenvalue weighted by Gasteiger charge is -2.33.